The second-order valence-electron chi connectivity index (χ2n) is 7.38. The summed E-state index contributed by atoms with van der Waals surface area (Å²) in [6.45, 7) is 4.79. The summed E-state index contributed by atoms with van der Waals surface area (Å²) in [7, 11) is 0. The molecule has 160 valence electrons. The average molecular weight is 438 g/mol. The fourth-order valence-electron chi connectivity index (χ4n) is 3.48. The molecular formula is C22H23N5O3S. The highest BCUT2D eigenvalue weighted by Gasteiger charge is 2.20. The quantitative estimate of drug-likeness (QED) is 0.618. The van der Waals surface area contributed by atoms with Gasteiger partial charge in [-0.1, -0.05) is 12.1 Å². The number of piperazine rings is 1. The Labute approximate surface area is 183 Å². The summed E-state index contributed by atoms with van der Waals surface area (Å²) in [5, 5.41) is 4.57. The van der Waals surface area contributed by atoms with Crippen molar-refractivity contribution in [3.8, 4) is 0 Å². The molecule has 1 fully saturated rings. The molecule has 3 aromatic rings. The molecule has 4 rings (SSSR count). The van der Waals surface area contributed by atoms with Gasteiger partial charge in [-0.05, 0) is 23.8 Å². The number of nitrogens with one attached hydrogen (secondary N) is 1. The van der Waals surface area contributed by atoms with Crippen molar-refractivity contribution >= 4 is 39.9 Å². The largest absolute Gasteiger partial charge is 0.337 e. The predicted octanol–water partition coefficient (Wildman–Crippen LogP) is 2.07. The molecule has 8 nitrogen and oxygen atoms in total. The Hall–Kier alpha value is -3.30. The molecule has 1 aliphatic heterocycles. The first-order chi connectivity index (χ1) is 15.0. The van der Waals surface area contributed by atoms with E-state index in [2.05, 4.69) is 15.2 Å². The summed E-state index contributed by atoms with van der Waals surface area (Å²) in [4.78, 5) is 45.0. The van der Waals surface area contributed by atoms with Gasteiger partial charge in [-0.3, -0.25) is 23.7 Å². The number of carbonyl (C=O) groups excluding carboxylic acids is 2. The fourth-order valence-corrected chi connectivity index (χ4v) is 4.22. The number of hydrogen-bond donors (Lipinski definition) is 1. The maximum atomic E-state index is 12.5. The molecule has 1 aromatic carbocycles. The van der Waals surface area contributed by atoms with Gasteiger partial charge in [-0.2, -0.15) is 0 Å². The van der Waals surface area contributed by atoms with Gasteiger partial charge in [-0.25, -0.2) is 4.98 Å². The second kappa shape index (κ2) is 9.23. The van der Waals surface area contributed by atoms with Crippen molar-refractivity contribution < 1.29 is 9.59 Å². The van der Waals surface area contributed by atoms with Crippen LogP contribution in [0.25, 0.3) is 11.0 Å². The van der Waals surface area contributed by atoms with Crippen LogP contribution in [0.3, 0.4) is 0 Å². The van der Waals surface area contributed by atoms with Gasteiger partial charge in [0.2, 0.25) is 11.8 Å². The summed E-state index contributed by atoms with van der Waals surface area (Å²) in [6, 6.07) is 8.90. The number of hydrogen-bond acceptors (Lipinski definition) is 6. The van der Waals surface area contributed by atoms with Crippen molar-refractivity contribution in [2.75, 3.05) is 31.5 Å². The number of fused-ring (bicyclic) bond motifs is 1. The zero-order valence-corrected chi connectivity index (χ0v) is 18.0. The van der Waals surface area contributed by atoms with Crippen molar-refractivity contribution in [2.24, 2.45) is 0 Å². The molecule has 0 spiro atoms. The molecule has 3 heterocycles. The Balaban J connectivity index is 1.29. The number of benzene rings is 1. The van der Waals surface area contributed by atoms with Crippen molar-refractivity contribution in [3.05, 3.63) is 69.6 Å². The van der Waals surface area contributed by atoms with E-state index < -0.39 is 0 Å². The maximum Gasteiger partial charge on any atom is 0.258 e. The molecule has 9 heteroatoms. The highest BCUT2D eigenvalue weighted by molar-refractivity contribution is 7.15. The second-order valence-corrected chi connectivity index (χ2v) is 8.25. The van der Waals surface area contributed by atoms with E-state index in [0.29, 0.717) is 24.6 Å². The lowest BCUT2D eigenvalue weighted by molar-refractivity contribution is -0.127. The molecule has 1 saturated heterocycles. The van der Waals surface area contributed by atoms with Gasteiger partial charge in [0, 0.05) is 69.1 Å². The molecule has 2 aromatic heterocycles. The van der Waals surface area contributed by atoms with Crippen LogP contribution >= 0.6 is 11.3 Å². The lowest BCUT2D eigenvalue weighted by atomic mass is 10.2. The standard InChI is InChI=1S/C22H23N5O3S/c1-16(28)23-18-5-2-17(3-6-18)4-7-20(29)26-10-8-25(9-11-26)15-19-14-21(30)27-12-13-31-22(27)24-19/h2-7,12-14H,8-11,15H2,1H3,(H,23,28)/b7-4+. The number of thiazole rings is 1. The van der Waals surface area contributed by atoms with E-state index in [1.54, 1.807) is 40.9 Å². The van der Waals surface area contributed by atoms with Crippen LogP contribution in [0, 0.1) is 0 Å². The van der Waals surface area contributed by atoms with Gasteiger partial charge in [0.25, 0.3) is 5.56 Å². The Morgan fingerprint density at radius 1 is 1.16 bits per heavy atom. The zero-order valence-electron chi connectivity index (χ0n) is 17.2. The van der Waals surface area contributed by atoms with E-state index in [0.717, 1.165) is 30.0 Å². The Morgan fingerprint density at radius 3 is 2.61 bits per heavy atom. The van der Waals surface area contributed by atoms with Crippen molar-refractivity contribution in [1.29, 1.82) is 0 Å². The summed E-state index contributed by atoms with van der Waals surface area (Å²) in [5.74, 6) is -0.144. The third-order valence-electron chi connectivity index (χ3n) is 5.08. The fraction of sp³-hybridized carbons (Fsp3) is 0.273. The molecule has 0 atom stereocenters. The van der Waals surface area contributed by atoms with Crippen LogP contribution in [0.15, 0.2) is 52.8 Å². The van der Waals surface area contributed by atoms with Gasteiger partial charge in [0.15, 0.2) is 4.96 Å². The van der Waals surface area contributed by atoms with Gasteiger partial charge in [0.05, 0.1) is 5.69 Å². The average Bonchev–Trinajstić information content (AvgIpc) is 3.22. The number of carbonyl (C=O) groups is 2. The molecule has 31 heavy (non-hydrogen) atoms. The molecule has 0 unspecified atom stereocenters. The SMILES string of the molecule is CC(=O)Nc1ccc(/C=C/C(=O)N2CCN(Cc3cc(=O)n4ccsc4n3)CC2)cc1. The third-order valence-corrected chi connectivity index (χ3v) is 5.83. The van der Waals surface area contributed by atoms with Crippen LogP contribution in [0.2, 0.25) is 0 Å². The molecule has 0 saturated carbocycles. The Bertz CT molecular complexity index is 1170. The van der Waals surface area contributed by atoms with E-state index in [4.69, 9.17) is 0 Å². The lowest BCUT2D eigenvalue weighted by Gasteiger charge is -2.34. The summed E-state index contributed by atoms with van der Waals surface area (Å²) in [5.41, 5.74) is 2.31. The van der Waals surface area contributed by atoms with Crippen molar-refractivity contribution in [3.63, 3.8) is 0 Å². The smallest absolute Gasteiger partial charge is 0.258 e. The van der Waals surface area contributed by atoms with E-state index in [1.165, 1.54) is 18.3 Å². The number of rotatable bonds is 5. The van der Waals surface area contributed by atoms with Gasteiger partial charge < -0.3 is 10.2 Å². The first-order valence-corrected chi connectivity index (χ1v) is 10.9. The van der Waals surface area contributed by atoms with Gasteiger partial charge in [-0.15, -0.1) is 11.3 Å². The van der Waals surface area contributed by atoms with Crippen molar-refractivity contribution in [1.82, 2.24) is 19.2 Å². The van der Waals surface area contributed by atoms with E-state index in [-0.39, 0.29) is 17.4 Å². The van der Waals surface area contributed by atoms with E-state index in [9.17, 15) is 14.4 Å². The molecule has 0 radical (unpaired) electrons. The van der Waals surface area contributed by atoms with Crippen LogP contribution in [0.5, 0.6) is 0 Å². The monoisotopic (exact) mass is 437 g/mol. The zero-order chi connectivity index (χ0) is 21.8. The van der Waals surface area contributed by atoms with Crippen LogP contribution in [0.4, 0.5) is 5.69 Å². The molecule has 0 aliphatic carbocycles. The lowest BCUT2D eigenvalue weighted by Crippen LogP contribution is -2.48. The number of aromatic nitrogens is 2. The summed E-state index contributed by atoms with van der Waals surface area (Å²) < 4.78 is 1.55. The minimum atomic E-state index is -0.118. The number of amides is 2. The van der Waals surface area contributed by atoms with Crippen LogP contribution in [0.1, 0.15) is 18.2 Å². The molecule has 1 aliphatic rings. The Kier molecular flexibility index (Phi) is 6.24. The van der Waals surface area contributed by atoms with Crippen LogP contribution in [-0.4, -0.2) is 57.2 Å². The first kappa shape index (κ1) is 21.0. The Morgan fingerprint density at radius 2 is 1.90 bits per heavy atom. The minimum absolute atomic E-state index is 0.0260. The van der Waals surface area contributed by atoms with Gasteiger partial charge >= 0.3 is 0 Å². The van der Waals surface area contributed by atoms with E-state index in [1.807, 2.05) is 22.4 Å². The number of nitrogens with zero attached hydrogens (tertiary/aromatic N) is 4. The maximum absolute atomic E-state index is 12.5. The predicted molar refractivity (Wildman–Crippen MR) is 121 cm³/mol. The van der Waals surface area contributed by atoms with Crippen LogP contribution in [-0.2, 0) is 16.1 Å². The number of anilines is 1. The molecule has 1 N–H and O–H groups in total. The molecular weight excluding hydrogens is 414 g/mol. The summed E-state index contributed by atoms with van der Waals surface area (Å²) >= 11 is 1.44. The highest BCUT2D eigenvalue weighted by Crippen LogP contribution is 2.13. The van der Waals surface area contributed by atoms with Crippen LogP contribution < -0.4 is 10.9 Å². The molecule has 0 bridgehead atoms. The topological polar surface area (TPSA) is 87.0 Å². The minimum Gasteiger partial charge on any atom is -0.337 e. The highest BCUT2D eigenvalue weighted by atomic mass is 32.1. The third kappa shape index (κ3) is 5.25. The normalized spacial score (nSPS) is 14.9. The first-order valence-electron chi connectivity index (χ1n) is 10.0. The van der Waals surface area contributed by atoms with Gasteiger partial charge in [0.1, 0.15) is 0 Å². The summed E-state index contributed by atoms with van der Waals surface area (Å²) in [6.07, 6.45) is 5.09. The van der Waals surface area contributed by atoms with E-state index >= 15 is 0 Å². The van der Waals surface area contributed by atoms with Crippen molar-refractivity contribution in [2.45, 2.75) is 13.5 Å². The molecule has 2 amide bonds.